The van der Waals surface area contributed by atoms with Crippen LogP contribution in [0.15, 0.2) is 58.9 Å². The summed E-state index contributed by atoms with van der Waals surface area (Å²) in [6.45, 7) is 0. The normalized spacial score (nSPS) is 11.0. The van der Waals surface area contributed by atoms with Crippen molar-refractivity contribution < 1.29 is 9.47 Å². The Morgan fingerprint density at radius 1 is 0.957 bits per heavy atom. The van der Waals surface area contributed by atoms with Gasteiger partial charge in [-0.1, -0.05) is 0 Å². The summed E-state index contributed by atoms with van der Waals surface area (Å²) in [6, 6.07) is 12.7. The highest BCUT2D eigenvalue weighted by atomic mass is 16.5. The lowest BCUT2D eigenvalue weighted by Gasteiger charge is -2.06. The Labute approximate surface area is 133 Å². The molecule has 3 rings (SSSR count). The van der Waals surface area contributed by atoms with Crippen molar-refractivity contribution in [1.82, 2.24) is 4.98 Å². The molecule has 0 unspecified atom stereocenters. The van der Waals surface area contributed by atoms with Gasteiger partial charge in [-0.05, 0) is 36.4 Å². The molecule has 0 saturated carbocycles. The van der Waals surface area contributed by atoms with Gasteiger partial charge in [-0.15, -0.1) is 10.2 Å². The fraction of sp³-hybridized carbons (Fsp3) is 0.118. The molecule has 0 fully saturated rings. The van der Waals surface area contributed by atoms with Crippen LogP contribution in [0, 0.1) is 0 Å². The van der Waals surface area contributed by atoms with Crippen molar-refractivity contribution in [2.24, 2.45) is 10.2 Å². The SMILES string of the molecule is COc1ccc(N=Nc2ccc(N)c3cccnc23)c(OC)c1. The number of methoxy groups -OCH3 is 2. The van der Waals surface area contributed by atoms with Crippen LogP contribution in [0.4, 0.5) is 17.1 Å². The van der Waals surface area contributed by atoms with Gasteiger partial charge in [-0.2, -0.15) is 0 Å². The highest BCUT2D eigenvalue weighted by Crippen LogP contribution is 2.34. The highest BCUT2D eigenvalue weighted by molar-refractivity contribution is 5.97. The van der Waals surface area contributed by atoms with Gasteiger partial charge < -0.3 is 15.2 Å². The van der Waals surface area contributed by atoms with Crippen LogP contribution in [-0.2, 0) is 0 Å². The van der Waals surface area contributed by atoms with Crippen LogP contribution in [0.5, 0.6) is 11.5 Å². The number of nitrogen functional groups attached to an aromatic ring is 1. The van der Waals surface area contributed by atoms with Crippen LogP contribution < -0.4 is 15.2 Å². The van der Waals surface area contributed by atoms with Crippen molar-refractivity contribution in [3.8, 4) is 11.5 Å². The van der Waals surface area contributed by atoms with Crippen molar-refractivity contribution >= 4 is 28.0 Å². The Hall–Kier alpha value is -3.15. The molecule has 0 radical (unpaired) electrons. The van der Waals surface area contributed by atoms with E-state index in [9.17, 15) is 0 Å². The van der Waals surface area contributed by atoms with Crippen LogP contribution in [0.3, 0.4) is 0 Å². The number of benzene rings is 2. The number of nitrogens with zero attached hydrogens (tertiary/aromatic N) is 3. The van der Waals surface area contributed by atoms with E-state index in [-0.39, 0.29) is 0 Å². The molecule has 1 aromatic heterocycles. The summed E-state index contributed by atoms with van der Waals surface area (Å²) in [6.07, 6.45) is 1.70. The van der Waals surface area contributed by atoms with Crippen molar-refractivity contribution in [2.75, 3.05) is 20.0 Å². The Morgan fingerprint density at radius 3 is 2.52 bits per heavy atom. The van der Waals surface area contributed by atoms with Gasteiger partial charge in [-0.3, -0.25) is 4.98 Å². The minimum Gasteiger partial charge on any atom is -0.497 e. The van der Waals surface area contributed by atoms with E-state index in [0.29, 0.717) is 34.1 Å². The van der Waals surface area contributed by atoms with E-state index < -0.39 is 0 Å². The first-order chi connectivity index (χ1) is 11.2. The van der Waals surface area contributed by atoms with Crippen LogP contribution in [0.1, 0.15) is 0 Å². The van der Waals surface area contributed by atoms with Gasteiger partial charge in [0.25, 0.3) is 0 Å². The molecule has 0 bridgehead atoms. The molecule has 116 valence electrons. The maximum Gasteiger partial charge on any atom is 0.150 e. The Morgan fingerprint density at radius 2 is 1.74 bits per heavy atom. The third kappa shape index (κ3) is 2.91. The van der Waals surface area contributed by atoms with E-state index in [2.05, 4.69) is 15.2 Å². The zero-order chi connectivity index (χ0) is 16.2. The number of hydrogen-bond donors (Lipinski definition) is 1. The van der Waals surface area contributed by atoms with Gasteiger partial charge in [0, 0.05) is 23.3 Å². The minimum atomic E-state index is 0.584. The Bertz CT molecular complexity index is 878. The summed E-state index contributed by atoms with van der Waals surface area (Å²) < 4.78 is 10.5. The number of aromatic nitrogens is 1. The second-order valence-electron chi connectivity index (χ2n) is 4.81. The second kappa shape index (κ2) is 6.31. The van der Waals surface area contributed by atoms with E-state index in [4.69, 9.17) is 15.2 Å². The number of fused-ring (bicyclic) bond motifs is 1. The largest absolute Gasteiger partial charge is 0.497 e. The minimum absolute atomic E-state index is 0.584. The molecule has 1 heterocycles. The molecule has 0 atom stereocenters. The number of nitrogens with two attached hydrogens (primary N) is 1. The average molecular weight is 308 g/mol. The zero-order valence-corrected chi connectivity index (χ0v) is 12.9. The standard InChI is InChI=1S/C17H16N4O2/c1-22-11-5-7-14(16(10-11)23-2)20-21-15-8-6-13(18)12-4-3-9-19-17(12)15/h3-10H,18H2,1-2H3. The van der Waals surface area contributed by atoms with Gasteiger partial charge >= 0.3 is 0 Å². The van der Waals surface area contributed by atoms with Crippen molar-refractivity contribution in [3.63, 3.8) is 0 Å². The summed E-state index contributed by atoms with van der Waals surface area (Å²) in [5.41, 5.74) is 8.59. The van der Waals surface area contributed by atoms with Gasteiger partial charge in [0.2, 0.25) is 0 Å². The van der Waals surface area contributed by atoms with Gasteiger partial charge in [0.05, 0.1) is 19.7 Å². The number of rotatable bonds is 4. The maximum absolute atomic E-state index is 5.96. The van der Waals surface area contributed by atoms with Crippen LogP contribution in [0.2, 0.25) is 0 Å². The molecular formula is C17H16N4O2. The molecule has 0 aliphatic rings. The molecular weight excluding hydrogens is 292 g/mol. The Balaban J connectivity index is 2.02. The first-order valence-corrected chi connectivity index (χ1v) is 7.00. The number of hydrogen-bond acceptors (Lipinski definition) is 6. The molecule has 3 aromatic rings. The lowest BCUT2D eigenvalue weighted by molar-refractivity contribution is 0.395. The smallest absolute Gasteiger partial charge is 0.150 e. The summed E-state index contributed by atoms with van der Waals surface area (Å²) in [4.78, 5) is 4.34. The van der Waals surface area contributed by atoms with Crippen molar-refractivity contribution in [3.05, 3.63) is 48.7 Å². The lowest BCUT2D eigenvalue weighted by atomic mass is 10.1. The summed E-state index contributed by atoms with van der Waals surface area (Å²) in [5, 5.41) is 9.41. The van der Waals surface area contributed by atoms with Crippen molar-refractivity contribution in [1.29, 1.82) is 0 Å². The number of ether oxygens (including phenoxy) is 2. The summed E-state index contributed by atoms with van der Waals surface area (Å²) >= 11 is 0. The molecule has 6 heteroatoms. The molecule has 6 nitrogen and oxygen atoms in total. The van der Waals surface area contributed by atoms with Gasteiger partial charge in [0.1, 0.15) is 22.9 Å². The first kappa shape index (κ1) is 14.8. The van der Waals surface area contributed by atoms with Crippen molar-refractivity contribution in [2.45, 2.75) is 0 Å². The van der Waals surface area contributed by atoms with Crippen LogP contribution in [-0.4, -0.2) is 19.2 Å². The third-order valence-corrected chi connectivity index (χ3v) is 3.43. The van der Waals surface area contributed by atoms with E-state index in [1.165, 1.54) is 0 Å². The number of azo groups is 1. The van der Waals surface area contributed by atoms with Gasteiger partial charge in [0.15, 0.2) is 0 Å². The predicted octanol–water partition coefficient (Wildman–Crippen LogP) is 4.25. The quantitative estimate of drug-likeness (QED) is 0.577. The van der Waals surface area contributed by atoms with Gasteiger partial charge in [-0.25, -0.2) is 0 Å². The molecule has 23 heavy (non-hydrogen) atoms. The van der Waals surface area contributed by atoms with Crippen LogP contribution >= 0.6 is 0 Å². The maximum atomic E-state index is 5.96. The molecule has 0 saturated heterocycles. The van der Waals surface area contributed by atoms with E-state index >= 15 is 0 Å². The number of anilines is 1. The number of pyridine rings is 1. The van der Waals surface area contributed by atoms with E-state index in [1.54, 1.807) is 50.7 Å². The molecule has 0 amide bonds. The molecule has 2 aromatic carbocycles. The van der Waals surface area contributed by atoms with E-state index in [1.807, 2.05) is 12.1 Å². The summed E-state index contributed by atoms with van der Waals surface area (Å²) in [7, 11) is 3.18. The predicted molar refractivity (Wildman–Crippen MR) is 89.9 cm³/mol. The highest BCUT2D eigenvalue weighted by Gasteiger charge is 2.06. The molecule has 0 spiro atoms. The third-order valence-electron chi connectivity index (χ3n) is 3.43. The fourth-order valence-corrected chi connectivity index (χ4v) is 2.24. The fourth-order valence-electron chi connectivity index (χ4n) is 2.24. The summed E-state index contributed by atoms with van der Waals surface area (Å²) in [5.74, 6) is 1.28. The lowest BCUT2D eigenvalue weighted by Crippen LogP contribution is -1.88. The van der Waals surface area contributed by atoms with E-state index in [0.717, 1.165) is 5.39 Å². The topological polar surface area (TPSA) is 82.1 Å². The second-order valence-corrected chi connectivity index (χ2v) is 4.81. The zero-order valence-electron chi connectivity index (χ0n) is 12.9. The molecule has 0 aliphatic heterocycles. The monoisotopic (exact) mass is 308 g/mol. The first-order valence-electron chi connectivity index (χ1n) is 7.00. The Kier molecular flexibility index (Phi) is 4.05. The molecule has 2 N–H and O–H groups in total. The van der Waals surface area contributed by atoms with Crippen LogP contribution in [0.25, 0.3) is 10.9 Å². The molecule has 0 aliphatic carbocycles. The average Bonchev–Trinajstić information content (AvgIpc) is 2.61.